The Morgan fingerprint density at radius 1 is 0.460 bits per heavy atom. The summed E-state index contributed by atoms with van der Waals surface area (Å²) < 4.78 is 10.5. The zero-order valence-electron chi connectivity index (χ0n) is 31.3. The van der Waals surface area contributed by atoms with E-state index in [0.29, 0.717) is 12.8 Å². The second-order valence-electron chi connectivity index (χ2n) is 11.9. The standard InChI is InChI=1S/C45H68O5/c1-3-5-7-9-11-13-15-17-19-21-22-24-26-28-30-32-34-36-38-40-45(48)50-43(41-46)42-49-44(47)39-37-35-33-31-29-27-25-23-20-18-16-14-12-10-8-6-4-2/h5-8,11-14,17-20,22,24-25,27-28,30-31,33,43,46H,3-4,9-10,15-16,21,23,26,29,32,34-42H2,1-2H3/b7-5+,8-6+,13-11+,14-12+,19-17+,20-18+,24-22+,27-25+,30-28+,33-31+/t43-/m0/s1. The minimum atomic E-state index is -0.821. The second-order valence-corrected chi connectivity index (χ2v) is 11.9. The van der Waals surface area contributed by atoms with E-state index in [4.69, 9.17) is 9.47 Å². The molecule has 0 amide bonds. The first-order chi connectivity index (χ1) is 24.6. The molecule has 1 atom stereocenters. The van der Waals surface area contributed by atoms with E-state index in [2.05, 4.69) is 135 Å². The molecule has 0 rings (SSSR count). The molecule has 5 heteroatoms. The molecule has 0 aromatic rings. The molecule has 0 bridgehead atoms. The Labute approximate surface area is 305 Å². The fourth-order valence-corrected chi connectivity index (χ4v) is 4.44. The molecule has 1 N–H and O–H groups in total. The Morgan fingerprint density at radius 2 is 0.820 bits per heavy atom. The third kappa shape index (κ3) is 37.1. The second kappa shape index (κ2) is 39.7. The number of aliphatic hydroxyl groups excluding tert-OH is 1. The van der Waals surface area contributed by atoms with Gasteiger partial charge in [0.2, 0.25) is 0 Å². The van der Waals surface area contributed by atoms with E-state index < -0.39 is 6.10 Å². The van der Waals surface area contributed by atoms with Gasteiger partial charge in [-0.2, -0.15) is 0 Å². The SMILES string of the molecule is CC/C=C/C/C=C/C/C=C/C/C=C/C/C=C/CCCCCC(=O)O[C@@H](CO)COC(=O)CCC/C=C/C/C=C/C/C=C/C/C=C/C/C=C/CC. The Kier molecular flexibility index (Phi) is 36.8. The van der Waals surface area contributed by atoms with Crippen molar-refractivity contribution in [1.82, 2.24) is 0 Å². The summed E-state index contributed by atoms with van der Waals surface area (Å²) >= 11 is 0. The molecule has 0 saturated carbocycles. The van der Waals surface area contributed by atoms with Crippen molar-refractivity contribution in [2.45, 2.75) is 136 Å². The van der Waals surface area contributed by atoms with Crippen LogP contribution in [0.2, 0.25) is 0 Å². The molecule has 0 radical (unpaired) electrons. The van der Waals surface area contributed by atoms with Crippen LogP contribution in [0.4, 0.5) is 0 Å². The highest BCUT2D eigenvalue weighted by Gasteiger charge is 2.15. The van der Waals surface area contributed by atoms with Gasteiger partial charge in [0.1, 0.15) is 6.61 Å². The zero-order chi connectivity index (χ0) is 36.4. The summed E-state index contributed by atoms with van der Waals surface area (Å²) in [4.78, 5) is 24.2. The summed E-state index contributed by atoms with van der Waals surface area (Å²) in [5, 5.41) is 9.54. The van der Waals surface area contributed by atoms with Crippen LogP contribution in [-0.2, 0) is 19.1 Å². The van der Waals surface area contributed by atoms with Gasteiger partial charge in [-0.1, -0.05) is 142 Å². The summed E-state index contributed by atoms with van der Waals surface area (Å²) in [5.74, 6) is -0.713. The molecule has 0 unspecified atom stereocenters. The fourth-order valence-electron chi connectivity index (χ4n) is 4.44. The van der Waals surface area contributed by atoms with E-state index in [-0.39, 0.29) is 31.6 Å². The molecule has 278 valence electrons. The Morgan fingerprint density at radius 3 is 1.22 bits per heavy atom. The minimum absolute atomic E-state index is 0.118. The highest BCUT2D eigenvalue weighted by atomic mass is 16.6. The molecular weight excluding hydrogens is 620 g/mol. The van der Waals surface area contributed by atoms with E-state index in [0.717, 1.165) is 96.3 Å². The summed E-state index contributed by atoms with van der Waals surface area (Å²) in [5.41, 5.74) is 0. The lowest BCUT2D eigenvalue weighted by molar-refractivity contribution is -0.161. The molecule has 0 aliphatic heterocycles. The van der Waals surface area contributed by atoms with Gasteiger partial charge in [0, 0.05) is 12.8 Å². The topological polar surface area (TPSA) is 72.8 Å². The number of hydrogen-bond acceptors (Lipinski definition) is 5. The molecule has 0 spiro atoms. The lowest BCUT2D eigenvalue weighted by Gasteiger charge is -2.15. The van der Waals surface area contributed by atoms with Gasteiger partial charge in [0.25, 0.3) is 0 Å². The maximum Gasteiger partial charge on any atom is 0.306 e. The van der Waals surface area contributed by atoms with Crippen LogP contribution < -0.4 is 0 Å². The number of carbonyl (C=O) groups is 2. The average Bonchev–Trinajstić information content (AvgIpc) is 3.12. The van der Waals surface area contributed by atoms with E-state index >= 15 is 0 Å². The van der Waals surface area contributed by atoms with Gasteiger partial charge < -0.3 is 14.6 Å². The van der Waals surface area contributed by atoms with Crippen LogP contribution in [0.25, 0.3) is 0 Å². The first-order valence-electron chi connectivity index (χ1n) is 19.1. The molecule has 0 fully saturated rings. The van der Waals surface area contributed by atoms with E-state index in [1.54, 1.807) is 0 Å². The van der Waals surface area contributed by atoms with Gasteiger partial charge in [0.05, 0.1) is 6.61 Å². The predicted octanol–water partition coefficient (Wildman–Crippen LogP) is 12.1. The summed E-state index contributed by atoms with van der Waals surface area (Å²) in [6, 6.07) is 0. The van der Waals surface area contributed by atoms with Gasteiger partial charge in [0.15, 0.2) is 6.10 Å². The largest absolute Gasteiger partial charge is 0.462 e. The number of carbonyl (C=O) groups excluding carboxylic acids is 2. The van der Waals surface area contributed by atoms with Crippen molar-refractivity contribution in [3.63, 3.8) is 0 Å². The molecule has 0 aliphatic rings. The monoisotopic (exact) mass is 689 g/mol. The molecule has 0 saturated heterocycles. The molecular formula is C45H68O5. The quantitative estimate of drug-likeness (QED) is 0.0433. The summed E-state index contributed by atoms with van der Waals surface area (Å²) in [7, 11) is 0. The molecule has 0 aromatic heterocycles. The van der Waals surface area contributed by atoms with Crippen molar-refractivity contribution < 1.29 is 24.2 Å². The van der Waals surface area contributed by atoms with Crippen molar-refractivity contribution in [3.8, 4) is 0 Å². The number of unbranched alkanes of at least 4 members (excludes halogenated alkanes) is 4. The van der Waals surface area contributed by atoms with Crippen LogP contribution in [0.1, 0.15) is 129 Å². The van der Waals surface area contributed by atoms with Crippen LogP contribution in [0, 0.1) is 0 Å². The van der Waals surface area contributed by atoms with Crippen molar-refractivity contribution in [1.29, 1.82) is 0 Å². The van der Waals surface area contributed by atoms with Crippen molar-refractivity contribution in [2.75, 3.05) is 13.2 Å². The third-order valence-corrected chi connectivity index (χ3v) is 7.25. The molecule has 0 aliphatic carbocycles. The number of hydrogen-bond donors (Lipinski definition) is 1. The van der Waals surface area contributed by atoms with Crippen molar-refractivity contribution in [3.05, 3.63) is 122 Å². The van der Waals surface area contributed by atoms with Crippen LogP contribution in [0.5, 0.6) is 0 Å². The normalized spacial score (nSPS) is 13.6. The maximum atomic E-state index is 12.2. The number of aliphatic hydroxyl groups is 1. The first-order valence-corrected chi connectivity index (χ1v) is 19.1. The van der Waals surface area contributed by atoms with Gasteiger partial charge in [-0.25, -0.2) is 0 Å². The highest BCUT2D eigenvalue weighted by Crippen LogP contribution is 2.08. The maximum absolute atomic E-state index is 12.2. The molecule has 5 nitrogen and oxygen atoms in total. The first kappa shape index (κ1) is 46.3. The van der Waals surface area contributed by atoms with E-state index in [9.17, 15) is 14.7 Å². The average molecular weight is 689 g/mol. The van der Waals surface area contributed by atoms with Crippen LogP contribution in [0.3, 0.4) is 0 Å². The highest BCUT2D eigenvalue weighted by molar-refractivity contribution is 5.70. The van der Waals surface area contributed by atoms with Crippen LogP contribution in [-0.4, -0.2) is 36.4 Å². The van der Waals surface area contributed by atoms with Gasteiger partial charge in [-0.15, -0.1) is 0 Å². The predicted molar refractivity (Wildman–Crippen MR) is 214 cm³/mol. The summed E-state index contributed by atoms with van der Waals surface area (Å²) in [6.45, 7) is 3.80. The molecule has 50 heavy (non-hydrogen) atoms. The number of esters is 2. The molecule has 0 aromatic carbocycles. The zero-order valence-corrected chi connectivity index (χ0v) is 31.3. The van der Waals surface area contributed by atoms with Crippen molar-refractivity contribution >= 4 is 11.9 Å². The molecule has 0 heterocycles. The van der Waals surface area contributed by atoms with Gasteiger partial charge in [-0.3, -0.25) is 9.59 Å². The number of rotatable bonds is 32. The number of allylic oxidation sites excluding steroid dienone is 20. The van der Waals surface area contributed by atoms with Gasteiger partial charge >= 0.3 is 11.9 Å². The minimum Gasteiger partial charge on any atom is -0.462 e. The van der Waals surface area contributed by atoms with Crippen LogP contribution >= 0.6 is 0 Å². The fraction of sp³-hybridized carbons (Fsp3) is 0.511. The summed E-state index contributed by atoms with van der Waals surface area (Å²) in [6.07, 6.45) is 58.3. The smallest absolute Gasteiger partial charge is 0.306 e. The van der Waals surface area contributed by atoms with E-state index in [1.807, 2.05) is 0 Å². The Hall–Kier alpha value is -3.70. The van der Waals surface area contributed by atoms with Crippen molar-refractivity contribution in [2.24, 2.45) is 0 Å². The number of ether oxygens (including phenoxy) is 2. The van der Waals surface area contributed by atoms with E-state index in [1.165, 1.54) is 0 Å². The Bertz CT molecular complexity index is 1100. The van der Waals surface area contributed by atoms with Gasteiger partial charge in [-0.05, 0) is 96.3 Å². The lowest BCUT2D eigenvalue weighted by Crippen LogP contribution is -2.28. The lowest BCUT2D eigenvalue weighted by atomic mass is 10.1. The third-order valence-electron chi connectivity index (χ3n) is 7.25. The Balaban J connectivity index is 3.79. The van der Waals surface area contributed by atoms with Crippen LogP contribution in [0.15, 0.2) is 122 Å².